The predicted molar refractivity (Wildman–Crippen MR) is 58.2 cm³/mol. The quantitative estimate of drug-likeness (QED) is 0.677. The molecule has 1 aromatic rings. The normalized spacial score (nSPS) is 11.7. The van der Waals surface area contributed by atoms with Crippen LogP contribution in [0.15, 0.2) is 16.5 Å². The number of furan rings is 1. The summed E-state index contributed by atoms with van der Waals surface area (Å²) in [5.41, 5.74) is -0.192. The highest BCUT2D eigenvalue weighted by Crippen LogP contribution is 2.12. The first-order valence-corrected chi connectivity index (χ1v) is 5.08. The van der Waals surface area contributed by atoms with Gasteiger partial charge >= 0.3 is 5.97 Å². The molecule has 5 nitrogen and oxygen atoms in total. The fourth-order valence-corrected chi connectivity index (χ4v) is 1.17. The number of rotatable bonds is 6. The first-order valence-electron chi connectivity index (χ1n) is 5.08. The molecular weight excluding hydrogens is 210 g/mol. The lowest BCUT2D eigenvalue weighted by Gasteiger charge is -2.21. The van der Waals surface area contributed by atoms with Crippen LogP contribution in [-0.4, -0.2) is 29.3 Å². The van der Waals surface area contributed by atoms with E-state index in [1.807, 2.05) is 13.8 Å². The van der Waals surface area contributed by atoms with E-state index in [4.69, 9.17) is 14.6 Å². The van der Waals surface area contributed by atoms with E-state index in [0.717, 1.165) is 0 Å². The number of aliphatic hydroxyl groups excluding tert-OH is 1. The highest BCUT2D eigenvalue weighted by molar-refractivity contribution is 5.84. The van der Waals surface area contributed by atoms with E-state index in [0.29, 0.717) is 18.8 Å². The first-order chi connectivity index (χ1) is 7.44. The van der Waals surface area contributed by atoms with Crippen LogP contribution in [0.3, 0.4) is 0 Å². The largest absolute Gasteiger partial charge is 0.475 e. The van der Waals surface area contributed by atoms with Gasteiger partial charge in [0, 0.05) is 18.6 Å². The Morgan fingerprint density at radius 2 is 2.19 bits per heavy atom. The van der Waals surface area contributed by atoms with E-state index in [1.54, 1.807) is 6.07 Å². The predicted octanol–water partition coefficient (Wildman–Crippen LogP) is 1.09. The molecule has 0 atom stereocenters. The van der Waals surface area contributed by atoms with Crippen LogP contribution >= 0.6 is 0 Å². The molecule has 0 saturated heterocycles. The second-order valence-electron chi connectivity index (χ2n) is 4.50. The molecule has 0 unspecified atom stereocenters. The average Bonchev–Trinajstić information content (AvgIpc) is 2.66. The molecule has 0 amide bonds. The van der Waals surface area contributed by atoms with Gasteiger partial charge in [-0.1, -0.05) is 13.8 Å². The van der Waals surface area contributed by atoms with Crippen LogP contribution in [0, 0.1) is 5.41 Å². The average molecular weight is 227 g/mol. The van der Waals surface area contributed by atoms with Gasteiger partial charge in [-0.2, -0.15) is 0 Å². The molecule has 0 spiro atoms. The van der Waals surface area contributed by atoms with Crippen LogP contribution in [0.1, 0.15) is 30.2 Å². The number of aromatic carboxylic acids is 1. The lowest BCUT2D eigenvalue weighted by Crippen LogP contribution is -2.31. The number of nitrogens with one attached hydrogen (secondary N) is 1. The minimum atomic E-state index is -1.07. The van der Waals surface area contributed by atoms with Gasteiger partial charge in [-0.15, -0.1) is 0 Å². The molecule has 3 N–H and O–H groups in total. The van der Waals surface area contributed by atoms with Crippen molar-refractivity contribution in [3.8, 4) is 0 Å². The van der Waals surface area contributed by atoms with E-state index in [1.165, 1.54) is 6.07 Å². The summed E-state index contributed by atoms with van der Waals surface area (Å²) in [7, 11) is 0. The highest BCUT2D eigenvalue weighted by Gasteiger charge is 2.16. The van der Waals surface area contributed by atoms with E-state index in [-0.39, 0.29) is 17.8 Å². The Morgan fingerprint density at radius 1 is 1.50 bits per heavy atom. The summed E-state index contributed by atoms with van der Waals surface area (Å²) >= 11 is 0. The number of hydrogen-bond donors (Lipinski definition) is 3. The Morgan fingerprint density at radius 3 is 2.69 bits per heavy atom. The molecule has 0 bridgehead atoms. The topological polar surface area (TPSA) is 82.7 Å². The van der Waals surface area contributed by atoms with Crippen molar-refractivity contribution in [3.05, 3.63) is 23.7 Å². The van der Waals surface area contributed by atoms with Crippen molar-refractivity contribution in [3.63, 3.8) is 0 Å². The Kier molecular flexibility index (Phi) is 4.09. The van der Waals surface area contributed by atoms with Crippen LogP contribution < -0.4 is 5.32 Å². The third-order valence-corrected chi connectivity index (χ3v) is 2.20. The van der Waals surface area contributed by atoms with Crippen molar-refractivity contribution in [1.29, 1.82) is 0 Å². The molecule has 0 aliphatic rings. The van der Waals surface area contributed by atoms with Crippen molar-refractivity contribution in [2.75, 3.05) is 13.2 Å². The fourth-order valence-electron chi connectivity index (χ4n) is 1.17. The zero-order chi connectivity index (χ0) is 12.2. The molecule has 1 heterocycles. The second kappa shape index (κ2) is 5.14. The molecule has 0 saturated carbocycles. The Labute approximate surface area is 94.1 Å². The van der Waals surface area contributed by atoms with Crippen molar-refractivity contribution in [2.24, 2.45) is 5.41 Å². The lowest BCUT2D eigenvalue weighted by molar-refractivity contribution is 0.0660. The lowest BCUT2D eigenvalue weighted by atomic mass is 9.95. The maximum absolute atomic E-state index is 10.5. The van der Waals surface area contributed by atoms with E-state index in [2.05, 4.69) is 5.32 Å². The van der Waals surface area contributed by atoms with Crippen LogP contribution in [0.25, 0.3) is 0 Å². The molecule has 0 aliphatic heterocycles. The maximum atomic E-state index is 10.5. The zero-order valence-electron chi connectivity index (χ0n) is 9.49. The van der Waals surface area contributed by atoms with Gasteiger partial charge in [0.15, 0.2) is 0 Å². The second-order valence-corrected chi connectivity index (χ2v) is 4.50. The van der Waals surface area contributed by atoms with Gasteiger partial charge in [0.25, 0.3) is 0 Å². The van der Waals surface area contributed by atoms with Crippen molar-refractivity contribution < 1.29 is 19.4 Å². The van der Waals surface area contributed by atoms with E-state index < -0.39 is 5.97 Å². The molecule has 90 valence electrons. The molecule has 0 radical (unpaired) electrons. The van der Waals surface area contributed by atoms with Crippen molar-refractivity contribution in [1.82, 2.24) is 5.32 Å². The number of aliphatic hydroxyl groups is 1. The smallest absolute Gasteiger partial charge is 0.371 e. The summed E-state index contributed by atoms with van der Waals surface area (Å²) in [6, 6.07) is 3.05. The standard InChI is InChI=1S/C11H17NO4/c1-11(2,7-13)6-12-5-8-3-4-9(16-8)10(14)15/h3-4,12-13H,5-7H2,1-2H3,(H,14,15). The van der Waals surface area contributed by atoms with Gasteiger partial charge in [0.05, 0.1) is 6.54 Å². The third kappa shape index (κ3) is 3.67. The summed E-state index contributed by atoms with van der Waals surface area (Å²) in [5, 5.41) is 20.8. The molecule has 1 aromatic heterocycles. The van der Waals surface area contributed by atoms with Crippen LogP contribution in [-0.2, 0) is 6.54 Å². The van der Waals surface area contributed by atoms with Gasteiger partial charge in [-0.05, 0) is 12.1 Å². The first kappa shape index (κ1) is 12.7. The monoisotopic (exact) mass is 227 g/mol. The minimum absolute atomic E-state index is 0.0572. The Hall–Kier alpha value is -1.33. The van der Waals surface area contributed by atoms with Crippen LogP contribution in [0.2, 0.25) is 0 Å². The van der Waals surface area contributed by atoms with Gasteiger partial charge < -0.3 is 19.9 Å². The number of carbonyl (C=O) groups is 1. The molecule has 16 heavy (non-hydrogen) atoms. The van der Waals surface area contributed by atoms with Crippen molar-refractivity contribution in [2.45, 2.75) is 20.4 Å². The molecule has 0 fully saturated rings. The minimum Gasteiger partial charge on any atom is -0.475 e. The van der Waals surface area contributed by atoms with E-state index in [9.17, 15) is 4.79 Å². The number of carboxylic acids is 1. The van der Waals surface area contributed by atoms with Gasteiger partial charge in [-0.25, -0.2) is 4.79 Å². The molecule has 0 aliphatic carbocycles. The molecule has 0 aromatic carbocycles. The maximum Gasteiger partial charge on any atom is 0.371 e. The third-order valence-electron chi connectivity index (χ3n) is 2.20. The molecular formula is C11H17NO4. The summed E-state index contributed by atoms with van der Waals surface area (Å²) in [5.74, 6) is -0.550. The van der Waals surface area contributed by atoms with Gasteiger partial charge in [-0.3, -0.25) is 0 Å². The fraction of sp³-hybridized carbons (Fsp3) is 0.545. The zero-order valence-corrected chi connectivity index (χ0v) is 9.49. The van der Waals surface area contributed by atoms with Crippen molar-refractivity contribution >= 4 is 5.97 Å². The SMILES string of the molecule is CC(C)(CO)CNCc1ccc(C(=O)O)o1. The van der Waals surface area contributed by atoms with Crippen LogP contribution in [0.4, 0.5) is 0 Å². The van der Waals surface area contributed by atoms with E-state index >= 15 is 0 Å². The number of carboxylic acid groups (broad SMARTS) is 1. The number of hydrogen-bond acceptors (Lipinski definition) is 4. The highest BCUT2D eigenvalue weighted by atomic mass is 16.4. The summed E-state index contributed by atoms with van der Waals surface area (Å²) < 4.78 is 5.07. The summed E-state index contributed by atoms with van der Waals surface area (Å²) in [4.78, 5) is 10.5. The summed E-state index contributed by atoms with van der Waals surface area (Å²) in [6.45, 7) is 5.05. The Bertz CT molecular complexity index is 357. The van der Waals surface area contributed by atoms with Crippen LogP contribution in [0.5, 0.6) is 0 Å². The van der Waals surface area contributed by atoms with Gasteiger partial charge in [0.1, 0.15) is 5.76 Å². The summed E-state index contributed by atoms with van der Waals surface area (Å²) in [6.07, 6.45) is 0. The Balaban J connectivity index is 2.40. The van der Waals surface area contributed by atoms with Gasteiger partial charge in [0.2, 0.25) is 5.76 Å². The molecule has 5 heteroatoms. The molecule has 1 rings (SSSR count).